The minimum atomic E-state index is -0.0764. The zero-order valence-corrected chi connectivity index (χ0v) is 13.1. The average Bonchev–Trinajstić information content (AvgIpc) is 2.90. The molecule has 1 aromatic carbocycles. The number of aryl methyl sites for hydroxylation is 1. The van der Waals surface area contributed by atoms with Gasteiger partial charge in [-0.25, -0.2) is 0 Å². The minimum absolute atomic E-state index is 0.0607. The molecule has 1 aromatic rings. The molecule has 20 heavy (non-hydrogen) atoms. The first kappa shape index (κ1) is 14.1. The average molecular weight is 274 g/mol. The molecule has 0 saturated carbocycles. The molecule has 3 atom stereocenters. The summed E-state index contributed by atoms with van der Waals surface area (Å²) in [5.74, 6) is 0.566. The summed E-state index contributed by atoms with van der Waals surface area (Å²) in [6.07, 6.45) is 3.60. The summed E-state index contributed by atoms with van der Waals surface area (Å²) >= 11 is 0. The van der Waals surface area contributed by atoms with E-state index in [1.165, 1.54) is 17.5 Å². The van der Waals surface area contributed by atoms with Gasteiger partial charge in [-0.1, -0.05) is 38.1 Å². The quantitative estimate of drug-likeness (QED) is 0.817. The Morgan fingerprint density at radius 1 is 1.30 bits per heavy atom. The molecule has 0 aliphatic carbocycles. The lowest BCUT2D eigenvalue weighted by Crippen LogP contribution is -2.38. The number of ether oxygens (including phenoxy) is 2. The molecule has 2 bridgehead atoms. The Labute approximate surface area is 122 Å². The van der Waals surface area contributed by atoms with E-state index >= 15 is 0 Å². The smallest absolute Gasteiger partial charge is 0.0924 e. The number of rotatable bonds is 4. The number of hydrogen-bond acceptors (Lipinski definition) is 2. The Bertz CT molecular complexity index is 496. The van der Waals surface area contributed by atoms with Crippen molar-refractivity contribution in [2.24, 2.45) is 5.92 Å². The Morgan fingerprint density at radius 2 is 2.05 bits per heavy atom. The first-order valence-electron chi connectivity index (χ1n) is 7.81. The second-order valence-corrected chi connectivity index (χ2v) is 7.06. The van der Waals surface area contributed by atoms with Crippen LogP contribution >= 0.6 is 0 Å². The van der Waals surface area contributed by atoms with Gasteiger partial charge in [0.25, 0.3) is 0 Å². The van der Waals surface area contributed by atoms with Crippen molar-refractivity contribution in [3.05, 3.63) is 35.4 Å². The van der Waals surface area contributed by atoms with Crippen molar-refractivity contribution in [2.75, 3.05) is 0 Å². The highest BCUT2D eigenvalue weighted by atomic mass is 16.6. The molecule has 3 rings (SSSR count). The molecule has 0 radical (unpaired) electrons. The van der Waals surface area contributed by atoms with Crippen molar-refractivity contribution in [3.8, 4) is 0 Å². The monoisotopic (exact) mass is 274 g/mol. The zero-order chi connectivity index (χ0) is 14.4. The van der Waals surface area contributed by atoms with Crippen molar-refractivity contribution < 1.29 is 9.47 Å². The highest BCUT2D eigenvalue weighted by molar-refractivity contribution is 5.24. The number of hydrogen-bond donors (Lipinski definition) is 0. The second-order valence-electron chi connectivity index (χ2n) is 7.06. The molecule has 2 unspecified atom stereocenters. The largest absolute Gasteiger partial charge is 0.370 e. The van der Waals surface area contributed by atoms with Gasteiger partial charge in [-0.15, -0.1) is 0 Å². The molecule has 2 heterocycles. The molecule has 2 saturated heterocycles. The fourth-order valence-corrected chi connectivity index (χ4v) is 3.77. The van der Waals surface area contributed by atoms with E-state index in [0.29, 0.717) is 12.5 Å². The Balaban J connectivity index is 1.69. The van der Waals surface area contributed by atoms with Crippen molar-refractivity contribution >= 4 is 0 Å². The van der Waals surface area contributed by atoms with E-state index in [1.54, 1.807) is 0 Å². The third kappa shape index (κ3) is 2.19. The lowest BCUT2D eigenvalue weighted by molar-refractivity contribution is -0.0960. The van der Waals surface area contributed by atoms with Crippen LogP contribution in [0.1, 0.15) is 51.2 Å². The van der Waals surface area contributed by atoms with Crippen molar-refractivity contribution in [3.63, 3.8) is 0 Å². The second kappa shape index (κ2) is 4.85. The van der Waals surface area contributed by atoms with Crippen molar-refractivity contribution in [2.45, 2.75) is 70.9 Å². The van der Waals surface area contributed by atoms with Gasteiger partial charge in [-0.2, -0.15) is 0 Å². The maximum absolute atomic E-state index is 6.42. The minimum Gasteiger partial charge on any atom is -0.370 e. The van der Waals surface area contributed by atoms with E-state index in [0.717, 1.165) is 12.8 Å². The Kier molecular flexibility index (Phi) is 3.42. The summed E-state index contributed by atoms with van der Waals surface area (Å²) in [5, 5.41) is 0. The molecule has 2 aliphatic rings. The topological polar surface area (TPSA) is 18.5 Å². The van der Waals surface area contributed by atoms with Crippen LogP contribution in [-0.4, -0.2) is 17.3 Å². The predicted molar refractivity (Wildman–Crippen MR) is 80.7 cm³/mol. The summed E-state index contributed by atoms with van der Waals surface area (Å²) < 4.78 is 12.7. The summed E-state index contributed by atoms with van der Waals surface area (Å²) in [6.45, 7) is 9.62. The van der Waals surface area contributed by atoms with E-state index in [2.05, 4.69) is 52.0 Å². The summed E-state index contributed by atoms with van der Waals surface area (Å²) in [4.78, 5) is 0. The van der Waals surface area contributed by atoms with Crippen LogP contribution in [0.3, 0.4) is 0 Å². The van der Waals surface area contributed by atoms with Crippen LogP contribution in [0.2, 0.25) is 0 Å². The van der Waals surface area contributed by atoms with E-state index in [-0.39, 0.29) is 17.3 Å². The van der Waals surface area contributed by atoms with Gasteiger partial charge in [0.2, 0.25) is 0 Å². The molecule has 110 valence electrons. The molecule has 2 fully saturated rings. The van der Waals surface area contributed by atoms with Crippen molar-refractivity contribution in [1.82, 2.24) is 0 Å². The fourth-order valence-electron chi connectivity index (χ4n) is 3.77. The fraction of sp³-hybridized carbons (Fsp3) is 0.667. The van der Waals surface area contributed by atoms with Gasteiger partial charge < -0.3 is 9.47 Å². The maximum Gasteiger partial charge on any atom is 0.0924 e. The molecular formula is C18H26O2. The van der Waals surface area contributed by atoms with E-state index in [1.807, 2.05) is 0 Å². The van der Waals surface area contributed by atoms with Gasteiger partial charge in [0, 0.05) is 6.42 Å². The van der Waals surface area contributed by atoms with Crippen LogP contribution in [0.25, 0.3) is 0 Å². The van der Waals surface area contributed by atoms with Crippen LogP contribution in [0.5, 0.6) is 0 Å². The lowest BCUT2D eigenvalue weighted by Gasteiger charge is -2.31. The third-order valence-corrected chi connectivity index (χ3v) is 5.45. The molecular weight excluding hydrogens is 248 g/mol. The summed E-state index contributed by atoms with van der Waals surface area (Å²) in [7, 11) is 0. The highest BCUT2D eigenvalue weighted by Gasteiger charge is 2.60. The normalized spacial score (nSPS) is 36.0. The predicted octanol–water partition coefficient (Wildman–Crippen LogP) is 4.25. The first-order chi connectivity index (χ1) is 9.45. The number of fused-ring (bicyclic) bond motifs is 2. The molecule has 0 amide bonds. The van der Waals surface area contributed by atoms with Gasteiger partial charge in [0.05, 0.1) is 23.9 Å². The molecule has 2 nitrogen and oxygen atoms in total. The molecule has 0 spiro atoms. The van der Waals surface area contributed by atoms with Gasteiger partial charge in [0.1, 0.15) is 0 Å². The summed E-state index contributed by atoms with van der Waals surface area (Å²) in [6, 6.07) is 8.46. The van der Waals surface area contributed by atoms with E-state index in [4.69, 9.17) is 9.47 Å². The number of benzene rings is 1. The highest BCUT2D eigenvalue weighted by Crippen LogP contribution is 2.55. The molecule has 2 heteroatoms. The standard InChI is InChI=1S/C18H26O2/c1-13(2)18-10-9-17(4,20-18)16(11-18)19-12-15-8-6-5-7-14(15)3/h5-8,13,16H,9-12H2,1-4H3/t16?,17?,18-/m0/s1. The molecule has 0 N–H and O–H groups in total. The molecule has 0 aromatic heterocycles. The van der Waals surface area contributed by atoms with Gasteiger partial charge >= 0.3 is 0 Å². The van der Waals surface area contributed by atoms with E-state index in [9.17, 15) is 0 Å². The van der Waals surface area contributed by atoms with E-state index < -0.39 is 0 Å². The van der Waals surface area contributed by atoms with Crippen molar-refractivity contribution in [1.29, 1.82) is 0 Å². The maximum atomic E-state index is 6.42. The van der Waals surface area contributed by atoms with Crippen LogP contribution in [0, 0.1) is 12.8 Å². The Morgan fingerprint density at radius 3 is 2.70 bits per heavy atom. The molecule has 2 aliphatic heterocycles. The summed E-state index contributed by atoms with van der Waals surface area (Å²) in [5.41, 5.74) is 2.58. The van der Waals surface area contributed by atoms with Gasteiger partial charge in [-0.3, -0.25) is 0 Å². The van der Waals surface area contributed by atoms with Crippen LogP contribution in [-0.2, 0) is 16.1 Å². The first-order valence-corrected chi connectivity index (χ1v) is 7.81. The third-order valence-electron chi connectivity index (χ3n) is 5.45. The van der Waals surface area contributed by atoms with Crippen LogP contribution in [0.15, 0.2) is 24.3 Å². The lowest BCUT2D eigenvalue weighted by atomic mass is 9.75. The SMILES string of the molecule is Cc1ccccc1COC1C[C@]2(C(C)C)CCC1(C)O2. The van der Waals surface area contributed by atoms with Gasteiger partial charge in [-0.05, 0) is 43.7 Å². The van der Waals surface area contributed by atoms with Gasteiger partial charge in [0.15, 0.2) is 0 Å². The van der Waals surface area contributed by atoms with Crippen LogP contribution in [0.4, 0.5) is 0 Å². The van der Waals surface area contributed by atoms with Crippen LogP contribution < -0.4 is 0 Å². The Hall–Kier alpha value is -0.860. The zero-order valence-electron chi connectivity index (χ0n) is 13.1.